The number of hydrogen-bond donors (Lipinski definition) is 1. The number of aromatic nitrogens is 1. The molecule has 1 aromatic rings. The smallest absolute Gasteiger partial charge is 0.252 e. The summed E-state index contributed by atoms with van der Waals surface area (Å²) in [7, 11) is 0. The highest BCUT2D eigenvalue weighted by Gasteiger charge is 2.18. The summed E-state index contributed by atoms with van der Waals surface area (Å²) in [5.41, 5.74) is 0.577. The molecular formula is C16H22N2O3. The molecule has 1 aliphatic carbocycles. The lowest BCUT2D eigenvalue weighted by atomic mass is 10.1. The molecule has 0 spiro atoms. The van der Waals surface area contributed by atoms with Crippen LogP contribution >= 0.6 is 0 Å². The molecule has 2 fully saturated rings. The zero-order chi connectivity index (χ0) is 14.5. The van der Waals surface area contributed by atoms with Crippen molar-refractivity contribution in [3.8, 4) is 5.88 Å². The van der Waals surface area contributed by atoms with Crippen LogP contribution in [0, 0.1) is 5.92 Å². The van der Waals surface area contributed by atoms with Crippen molar-refractivity contribution < 1.29 is 14.3 Å². The van der Waals surface area contributed by atoms with Crippen LogP contribution in [0.15, 0.2) is 18.3 Å². The Kier molecular flexibility index (Phi) is 4.70. The lowest BCUT2D eigenvalue weighted by Crippen LogP contribution is -2.29. The maximum atomic E-state index is 12.0. The van der Waals surface area contributed by atoms with Crippen LogP contribution in [0.1, 0.15) is 42.5 Å². The van der Waals surface area contributed by atoms with E-state index in [1.54, 1.807) is 18.3 Å². The van der Waals surface area contributed by atoms with Crippen LogP contribution in [-0.4, -0.2) is 36.8 Å². The topological polar surface area (TPSA) is 60.5 Å². The molecule has 1 amide bonds. The van der Waals surface area contributed by atoms with Gasteiger partial charge in [-0.3, -0.25) is 4.79 Å². The molecule has 1 aromatic heterocycles. The first kappa shape index (κ1) is 14.3. The van der Waals surface area contributed by atoms with Crippen molar-refractivity contribution in [2.45, 2.75) is 38.2 Å². The molecule has 1 N–H and O–H groups in total. The zero-order valence-electron chi connectivity index (χ0n) is 12.2. The summed E-state index contributed by atoms with van der Waals surface area (Å²) in [5.74, 6) is 0.969. The molecule has 5 heteroatoms. The average Bonchev–Trinajstić information content (AvgIpc) is 3.19. The van der Waals surface area contributed by atoms with Crippen molar-refractivity contribution in [2.24, 2.45) is 5.92 Å². The van der Waals surface area contributed by atoms with E-state index in [1.165, 1.54) is 12.8 Å². The summed E-state index contributed by atoms with van der Waals surface area (Å²) in [6.45, 7) is 2.21. The van der Waals surface area contributed by atoms with Crippen LogP contribution in [0.5, 0.6) is 5.88 Å². The van der Waals surface area contributed by atoms with Gasteiger partial charge in [0.25, 0.3) is 5.91 Å². The fourth-order valence-corrected chi connectivity index (χ4v) is 2.84. The van der Waals surface area contributed by atoms with Gasteiger partial charge in [0.1, 0.15) is 6.10 Å². The van der Waals surface area contributed by atoms with E-state index >= 15 is 0 Å². The minimum absolute atomic E-state index is 0.0817. The molecule has 1 saturated carbocycles. The standard InChI is InChI=1S/C16H22N2O3/c19-16(18-9-12-7-8-20-11-12)13-5-6-15(17-10-13)21-14-3-1-2-4-14/h5-6,10,12,14H,1-4,7-9,11H2,(H,18,19)/t12-/m0/s1. The van der Waals surface area contributed by atoms with E-state index in [4.69, 9.17) is 9.47 Å². The Morgan fingerprint density at radius 1 is 1.33 bits per heavy atom. The molecule has 0 unspecified atom stereocenters. The first-order chi connectivity index (χ1) is 10.3. The van der Waals surface area contributed by atoms with Crippen LogP contribution in [-0.2, 0) is 4.74 Å². The number of pyridine rings is 1. The van der Waals surface area contributed by atoms with Crippen molar-refractivity contribution in [3.63, 3.8) is 0 Å². The van der Waals surface area contributed by atoms with Gasteiger partial charge in [0.15, 0.2) is 0 Å². The molecule has 1 saturated heterocycles. The number of carbonyl (C=O) groups excluding carboxylic acids is 1. The van der Waals surface area contributed by atoms with Crippen molar-refractivity contribution >= 4 is 5.91 Å². The molecule has 0 radical (unpaired) electrons. The molecule has 114 valence electrons. The summed E-state index contributed by atoms with van der Waals surface area (Å²) < 4.78 is 11.1. The van der Waals surface area contributed by atoms with Gasteiger partial charge in [0.05, 0.1) is 12.2 Å². The van der Waals surface area contributed by atoms with E-state index in [9.17, 15) is 4.79 Å². The van der Waals surface area contributed by atoms with Gasteiger partial charge >= 0.3 is 0 Å². The van der Waals surface area contributed by atoms with E-state index in [-0.39, 0.29) is 5.91 Å². The van der Waals surface area contributed by atoms with E-state index in [1.807, 2.05) is 0 Å². The van der Waals surface area contributed by atoms with Crippen LogP contribution in [0.4, 0.5) is 0 Å². The molecule has 2 aliphatic rings. The van der Waals surface area contributed by atoms with Gasteiger partial charge in [-0.1, -0.05) is 0 Å². The van der Waals surface area contributed by atoms with E-state index in [2.05, 4.69) is 10.3 Å². The van der Waals surface area contributed by atoms with Crippen LogP contribution in [0.25, 0.3) is 0 Å². The zero-order valence-corrected chi connectivity index (χ0v) is 12.2. The first-order valence-electron chi connectivity index (χ1n) is 7.80. The van der Waals surface area contributed by atoms with Crippen molar-refractivity contribution in [1.82, 2.24) is 10.3 Å². The molecule has 1 atom stereocenters. The first-order valence-corrected chi connectivity index (χ1v) is 7.80. The molecule has 21 heavy (non-hydrogen) atoms. The number of nitrogens with one attached hydrogen (secondary N) is 1. The second-order valence-corrected chi connectivity index (χ2v) is 5.85. The van der Waals surface area contributed by atoms with Crippen LogP contribution in [0.2, 0.25) is 0 Å². The van der Waals surface area contributed by atoms with Gasteiger partial charge in [0.2, 0.25) is 5.88 Å². The summed E-state index contributed by atoms with van der Waals surface area (Å²) in [5, 5.41) is 2.93. The van der Waals surface area contributed by atoms with Gasteiger partial charge in [-0.2, -0.15) is 0 Å². The number of carbonyl (C=O) groups is 1. The van der Waals surface area contributed by atoms with Crippen molar-refractivity contribution in [2.75, 3.05) is 19.8 Å². The van der Waals surface area contributed by atoms with Crippen molar-refractivity contribution in [1.29, 1.82) is 0 Å². The number of ether oxygens (including phenoxy) is 2. The van der Waals surface area contributed by atoms with Crippen LogP contribution < -0.4 is 10.1 Å². The lowest BCUT2D eigenvalue weighted by molar-refractivity contribution is 0.0944. The maximum Gasteiger partial charge on any atom is 0.252 e. The fraction of sp³-hybridized carbons (Fsp3) is 0.625. The highest BCUT2D eigenvalue weighted by Crippen LogP contribution is 2.22. The second-order valence-electron chi connectivity index (χ2n) is 5.85. The predicted molar refractivity (Wildman–Crippen MR) is 78.4 cm³/mol. The minimum Gasteiger partial charge on any atom is -0.474 e. The third kappa shape index (κ3) is 3.94. The van der Waals surface area contributed by atoms with Crippen molar-refractivity contribution in [3.05, 3.63) is 23.9 Å². The van der Waals surface area contributed by atoms with Gasteiger partial charge in [-0.05, 0) is 38.2 Å². The molecule has 2 heterocycles. The SMILES string of the molecule is O=C(NC[C@@H]1CCOC1)c1ccc(OC2CCCC2)nc1. The molecule has 5 nitrogen and oxygen atoms in total. The predicted octanol–water partition coefficient (Wildman–Crippen LogP) is 2.17. The Morgan fingerprint density at radius 3 is 2.86 bits per heavy atom. The molecular weight excluding hydrogens is 268 g/mol. The highest BCUT2D eigenvalue weighted by atomic mass is 16.5. The molecule has 0 bridgehead atoms. The Balaban J connectivity index is 1.49. The molecule has 3 rings (SSSR count). The molecule has 1 aliphatic heterocycles. The number of amides is 1. The number of rotatable bonds is 5. The van der Waals surface area contributed by atoms with E-state index < -0.39 is 0 Å². The Morgan fingerprint density at radius 2 is 2.19 bits per heavy atom. The normalized spacial score (nSPS) is 22.4. The third-order valence-electron chi connectivity index (χ3n) is 4.16. The lowest BCUT2D eigenvalue weighted by Gasteiger charge is -2.12. The van der Waals surface area contributed by atoms with Gasteiger partial charge < -0.3 is 14.8 Å². The van der Waals surface area contributed by atoms with Gasteiger partial charge in [0, 0.05) is 31.3 Å². The summed E-state index contributed by atoms with van der Waals surface area (Å²) in [4.78, 5) is 16.3. The highest BCUT2D eigenvalue weighted by molar-refractivity contribution is 5.93. The molecule has 0 aromatic carbocycles. The Hall–Kier alpha value is -1.62. The maximum absolute atomic E-state index is 12.0. The van der Waals surface area contributed by atoms with E-state index in [0.29, 0.717) is 30.0 Å². The van der Waals surface area contributed by atoms with E-state index in [0.717, 1.165) is 32.5 Å². The monoisotopic (exact) mass is 290 g/mol. The minimum atomic E-state index is -0.0817. The fourth-order valence-electron chi connectivity index (χ4n) is 2.84. The average molecular weight is 290 g/mol. The number of nitrogens with zero attached hydrogens (tertiary/aromatic N) is 1. The van der Waals surface area contributed by atoms with Gasteiger partial charge in [-0.15, -0.1) is 0 Å². The quantitative estimate of drug-likeness (QED) is 0.903. The summed E-state index contributed by atoms with van der Waals surface area (Å²) in [6.07, 6.45) is 7.57. The summed E-state index contributed by atoms with van der Waals surface area (Å²) in [6, 6.07) is 3.56. The Bertz CT molecular complexity index is 463. The Labute approximate surface area is 125 Å². The van der Waals surface area contributed by atoms with Crippen LogP contribution in [0.3, 0.4) is 0 Å². The number of hydrogen-bond acceptors (Lipinski definition) is 4. The largest absolute Gasteiger partial charge is 0.474 e. The third-order valence-corrected chi connectivity index (χ3v) is 4.16. The van der Waals surface area contributed by atoms with Gasteiger partial charge in [-0.25, -0.2) is 4.98 Å². The summed E-state index contributed by atoms with van der Waals surface area (Å²) >= 11 is 0. The second kappa shape index (κ2) is 6.89.